The Bertz CT molecular complexity index is 1130. The molecule has 1 aliphatic heterocycles. The lowest BCUT2D eigenvalue weighted by Crippen LogP contribution is -2.44. The lowest BCUT2D eigenvalue weighted by Gasteiger charge is -2.31. The van der Waals surface area contributed by atoms with Gasteiger partial charge in [-0.1, -0.05) is 54.6 Å². The smallest absolute Gasteiger partial charge is 0.154 e. The predicted octanol–water partition coefficient (Wildman–Crippen LogP) is 4.01. The number of nitrogens with zero attached hydrogens (tertiary/aromatic N) is 2. The third-order valence-corrected chi connectivity index (χ3v) is 5.43. The fourth-order valence-corrected chi connectivity index (χ4v) is 4.20. The van der Waals surface area contributed by atoms with E-state index in [2.05, 4.69) is 63.3 Å². The predicted molar refractivity (Wildman–Crippen MR) is 111 cm³/mol. The SMILES string of the molecule is O=Cc1c(N2CCNCC2)n(-c2cccc3ccccc23)c2ccccc12. The Morgan fingerprint density at radius 1 is 0.815 bits per heavy atom. The van der Waals surface area contributed by atoms with Crippen molar-refractivity contribution < 1.29 is 4.79 Å². The molecule has 0 atom stereocenters. The third-order valence-electron chi connectivity index (χ3n) is 5.43. The standard InChI is InChI=1S/C23H21N3O/c27-16-20-19-9-3-4-10-22(19)26(23(20)25-14-12-24-13-15-25)21-11-5-7-17-6-1-2-8-18(17)21/h1-11,16,24H,12-15H2. The molecule has 1 aromatic heterocycles. The van der Waals surface area contributed by atoms with Crippen LogP contribution in [0.15, 0.2) is 66.7 Å². The van der Waals surface area contributed by atoms with Crippen LogP contribution in [-0.2, 0) is 0 Å². The lowest BCUT2D eigenvalue weighted by atomic mass is 10.1. The zero-order chi connectivity index (χ0) is 18.2. The molecule has 0 aliphatic carbocycles. The molecule has 1 saturated heterocycles. The van der Waals surface area contributed by atoms with Crippen molar-refractivity contribution in [1.82, 2.24) is 9.88 Å². The summed E-state index contributed by atoms with van der Waals surface area (Å²) in [4.78, 5) is 14.5. The summed E-state index contributed by atoms with van der Waals surface area (Å²) in [6.45, 7) is 3.63. The van der Waals surface area contributed by atoms with Crippen LogP contribution in [0, 0.1) is 0 Å². The number of hydrogen-bond acceptors (Lipinski definition) is 3. The van der Waals surface area contributed by atoms with Gasteiger partial charge in [0.1, 0.15) is 5.82 Å². The molecule has 4 aromatic rings. The van der Waals surface area contributed by atoms with Crippen molar-refractivity contribution in [2.45, 2.75) is 0 Å². The molecule has 27 heavy (non-hydrogen) atoms. The second-order valence-corrected chi connectivity index (χ2v) is 6.94. The second kappa shape index (κ2) is 6.56. The van der Waals surface area contributed by atoms with Gasteiger partial charge in [0.05, 0.1) is 16.8 Å². The highest BCUT2D eigenvalue weighted by atomic mass is 16.1. The number of anilines is 1. The number of benzene rings is 3. The monoisotopic (exact) mass is 355 g/mol. The molecule has 0 unspecified atom stereocenters. The summed E-state index contributed by atoms with van der Waals surface area (Å²) >= 11 is 0. The molecular formula is C23H21N3O. The van der Waals surface area contributed by atoms with Crippen molar-refractivity contribution in [2.75, 3.05) is 31.1 Å². The highest BCUT2D eigenvalue weighted by Gasteiger charge is 2.24. The molecule has 2 heterocycles. The molecule has 1 aliphatic rings. The molecule has 0 amide bonds. The Kier molecular flexibility index (Phi) is 3.91. The van der Waals surface area contributed by atoms with Gasteiger partial charge in [0, 0.05) is 37.0 Å². The minimum absolute atomic E-state index is 0.778. The van der Waals surface area contributed by atoms with Gasteiger partial charge in [-0.25, -0.2) is 0 Å². The normalized spacial score (nSPS) is 14.7. The van der Waals surface area contributed by atoms with Gasteiger partial charge >= 0.3 is 0 Å². The first-order valence-corrected chi connectivity index (χ1v) is 9.41. The summed E-state index contributed by atoms with van der Waals surface area (Å²) in [5, 5.41) is 6.80. The zero-order valence-corrected chi connectivity index (χ0v) is 15.1. The van der Waals surface area contributed by atoms with E-state index in [0.29, 0.717) is 0 Å². The van der Waals surface area contributed by atoms with Crippen LogP contribution >= 0.6 is 0 Å². The molecule has 0 spiro atoms. The number of carbonyl (C=O) groups is 1. The Balaban J connectivity index is 1.89. The largest absolute Gasteiger partial charge is 0.355 e. The lowest BCUT2D eigenvalue weighted by molar-refractivity contribution is 0.112. The van der Waals surface area contributed by atoms with Crippen LogP contribution in [0.5, 0.6) is 0 Å². The van der Waals surface area contributed by atoms with Gasteiger partial charge in [-0.15, -0.1) is 0 Å². The molecule has 3 aromatic carbocycles. The quantitative estimate of drug-likeness (QED) is 0.564. The van der Waals surface area contributed by atoms with Gasteiger partial charge in [0.2, 0.25) is 0 Å². The van der Waals surface area contributed by atoms with E-state index in [4.69, 9.17) is 0 Å². The Morgan fingerprint density at radius 3 is 2.33 bits per heavy atom. The molecule has 134 valence electrons. The van der Waals surface area contributed by atoms with Gasteiger partial charge in [-0.05, 0) is 17.5 Å². The van der Waals surface area contributed by atoms with Crippen LogP contribution in [0.3, 0.4) is 0 Å². The van der Waals surface area contributed by atoms with E-state index in [-0.39, 0.29) is 0 Å². The zero-order valence-electron chi connectivity index (χ0n) is 15.1. The second-order valence-electron chi connectivity index (χ2n) is 6.94. The van der Waals surface area contributed by atoms with Crippen molar-refractivity contribution in [3.05, 3.63) is 72.3 Å². The number of aromatic nitrogens is 1. The van der Waals surface area contributed by atoms with Crippen LogP contribution in [-0.4, -0.2) is 37.0 Å². The summed E-state index contributed by atoms with van der Waals surface area (Å²) in [7, 11) is 0. The first-order chi connectivity index (χ1) is 13.4. The van der Waals surface area contributed by atoms with E-state index in [0.717, 1.165) is 60.4 Å². The number of piperazine rings is 1. The number of nitrogens with one attached hydrogen (secondary N) is 1. The number of hydrogen-bond donors (Lipinski definition) is 1. The van der Waals surface area contributed by atoms with Gasteiger partial charge in [0.15, 0.2) is 6.29 Å². The molecule has 4 heteroatoms. The maximum Gasteiger partial charge on any atom is 0.154 e. The van der Waals surface area contributed by atoms with Crippen molar-refractivity contribution >= 4 is 33.8 Å². The molecule has 1 fully saturated rings. The Labute approximate surface area is 158 Å². The van der Waals surface area contributed by atoms with Crippen molar-refractivity contribution in [1.29, 1.82) is 0 Å². The fraction of sp³-hybridized carbons (Fsp3) is 0.174. The Hall–Kier alpha value is -3.11. The topological polar surface area (TPSA) is 37.3 Å². The maximum absolute atomic E-state index is 12.1. The summed E-state index contributed by atoms with van der Waals surface area (Å²) in [5.74, 6) is 1.00. The van der Waals surface area contributed by atoms with Gasteiger partial charge in [0.25, 0.3) is 0 Å². The first-order valence-electron chi connectivity index (χ1n) is 9.41. The molecule has 0 radical (unpaired) electrons. The van der Waals surface area contributed by atoms with Crippen LogP contribution < -0.4 is 10.2 Å². The number of para-hydroxylation sites is 1. The highest BCUT2D eigenvalue weighted by molar-refractivity contribution is 6.06. The number of carbonyl (C=O) groups excluding carboxylic acids is 1. The molecule has 0 bridgehead atoms. The molecule has 0 saturated carbocycles. The number of rotatable bonds is 3. The van der Waals surface area contributed by atoms with Crippen molar-refractivity contribution in [3.8, 4) is 5.69 Å². The van der Waals surface area contributed by atoms with E-state index in [1.165, 1.54) is 10.8 Å². The maximum atomic E-state index is 12.1. The van der Waals surface area contributed by atoms with Gasteiger partial charge < -0.3 is 10.2 Å². The minimum atomic E-state index is 0.778. The Morgan fingerprint density at radius 2 is 1.52 bits per heavy atom. The fourth-order valence-electron chi connectivity index (χ4n) is 4.20. The van der Waals surface area contributed by atoms with Crippen molar-refractivity contribution in [3.63, 3.8) is 0 Å². The molecule has 4 nitrogen and oxygen atoms in total. The van der Waals surface area contributed by atoms with Crippen LogP contribution in [0.1, 0.15) is 10.4 Å². The first kappa shape index (κ1) is 16.1. The van der Waals surface area contributed by atoms with E-state index in [1.54, 1.807) is 0 Å². The van der Waals surface area contributed by atoms with Crippen LogP contribution in [0.4, 0.5) is 5.82 Å². The van der Waals surface area contributed by atoms with E-state index in [1.807, 2.05) is 18.2 Å². The van der Waals surface area contributed by atoms with Crippen molar-refractivity contribution in [2.24, 2.45) is 0 Å². The molecular weight excluding hydrogens is 334 g/mol. The van der Waals surface area contributed by atoms with Gasteiger partial charge in [-0.3, -0.25) is 9.36 Å². The third kappa shape index (κ3) is 2.53. The average Bonchev–Trinajstić information content (AvgIpc) is 3.08. The van der Waals surface area contributed by atoms with E-state index < -0.39 is 0 Å². The van der Waals surface area contributed by atoms with E-state index in [9.17, 15) is 4.79 Å². The van der Waals surface area contributed by atoms with Crippen LogP contribution in [0.2, 0.25) is 0 Å². The minimum Gasteiger partial charge on any atom is -0.355 e. The summed E-state index contributed by atoms with van der Waals surface area (Å²) in [6.07, 6.45) is 1.02. The highest BCUT2D eigenvalue weighted by Crippen LogP contribution is 2.37. The number of aldehydes is 1. The molecule has 5 rings (SSSR count). The van der Waals surface area contributed by atoms with E-state index >= 15 is 0 Å². The van der Waals surface area contributed by atoms with Gasteiger partial charge in [-0.2, -0.15) is 0 Å². The summed E-state index contributed by atoms with van der Waals surface area (Å²) in [5.41, 5.74) is 2.97. The summed E-state index contributed by atoms with van der Waals surface area (Å²) in [6, 6.07) is 23.0. The molecule has 1 N–H and O–H groups in total. The summed E-state index contributed by atoms with van der Waals surface area (Å²) < 4.78 is 2.27. The average molecular weight is 355 g/mol. The van der Waals surface area contributed by atoms with Crippen LogP contribution in [0.25, 0.3) is 27.4 Å². The number of fused-ring (bicyclic) bond motifs is 2.